The van der Waals surface area contributed by atoms with Crippen LogP contribution >= 0.6 is 11.8 Å². The van der Waals surface area contributed by atoms with Gasteiger partial charge in [0.1, 0.15) is 0 Å². The first-order valence-electron chi connectivity index (χ1n) is 9.33. The fourth-order valence-electron chi connectivity index (χ4n) is 2.77. The van der Waals surface area contributed by atoms with Crippen LogP contribution in [0.4, 0.5) is 0 Å². The summed E-state index contributed by atoms with van der Waals surface area (Å²) in [5, 5.41) is 0.576. The van der Waals surface area contributed by atoms with Crippen LogP contribution in [0.3, 0.4) is 0 Å². The number of hydrogen-bond donors (Lipinski definition) is 1. The maximum Gasteiger partial charge on any atom is 0.330 e. The van der Waals surface area contributed by atoms with E-state index in [-0.39, 0.29) is 11.5 Å². The second-order valence-corrected chi connectivity index (χ2v) is 7.24. The first-order valence-corrected chi connectivity index (χ1v) is 10.3. The van der Waals surface area contributed by atoms with Crippen molar-refractivity contribution in [1.82, 2.24) is 9.97 Å². The monoisotopic (exact) mass is 406 g/mol. The largest absolute Gasteiger partial charge is 0.463 e. The highest BCUT2D eigenvalue weighted by atomic mass is 32.2. The first-order chi connectivity index (χ1) is 14.1. The van der Waals surface area contributed by atoms with Gasteiger partial charge in [-0.15, -0.1) is 0 Å². The van der Waals surface area contributed by atoms with Crippen LogP contribution in [0.2, 0.25) is 0 Å². The van der Waals surface area contributed by atoms with Crippen LogP contribution in [0.15, 0.2) is 76.7 Å². The third-order valence-electron chi connectivity index (χ3n) is 4.11. The van der Waals surface area contributed by atoms with Gasteiger partial charge in [-0.25, -0.2) is 9.78 Å². The number of hydrogen-bond acceptors (Lipinski definition) is 5. The zero-order chi connectivity index (χ0) is 20.5. The topological polar surface area (TPSA) is 72.0 Å². The summed E-state index contributed by atoms with van der Waals surface area (Å²) in [5.41, 5.74) is 3.64. The summed E-state index contributed by atoms with van der Waals surface area (Å²) in [7, 11) is 0. The van der Waals surface area contributed by atoms with Crippen LogP contribution in [-0.4, -0.2) is 22.5 Å². The molecule has 6 heteroatoms. The van der Waals surface area contributed by atoms with Gasteiger partial charge in [-0.3, -0.25) is 4.79 Å². The number of benzene rings is 2. The third kappa shape index (κ3) is 6.47. The minimum absolute atomic E-state index is 0.163. The lowest BCUT2D eigenvalue weighted by molar-refractivity contribution is -0.137. The molecule has 0 atom stereocenters. The maximum absolute atomic E-state index is 12.0. The van der Waals surface area contributed by atoms with Crippen LogP contribution < -0.4 is 5.56 Å². The van der Waals surface area contributed by atoms with Crippen molar-refractivity contribution in [2.45, 2.75) is 24.3 Å². The van der Waals surface area contributed by atoms with Gasteiger partial charge in [0, 0.05) is 24.3 Å². The molecule has 0 spiro atoms. The molecule has 0 saturated heterocycles. The summed E-state index contributed by atoms with van der Waals surface area (Å²) in [5.74, 6) is 0.246. The number of H-pyrrole nitrogens is 1. The predicted octanol–water partition coefficient (Wildman–Crippen LogP) is 4.23. The van der Waals surface area contributed by atoms with Gasteiger partial charge in [0.2, 0.25) is 0 Å². The lowest BCUT2D eigenvalue weighted by Crippen LogP contribution is -2.10. The zero-order valence-electron chi connectivity index (χ0n) is 16.1. The molecule has 29 heavy (non-hydrogen) atoms. The van der Waals surface area contributed by atoms with Gasteiger partial charge in [-0.05, 0) is 29.7 Å². The minimum Gasteiger partial charge on any atom is -0.463 e. The van der Waals surface area contributed by atoms with Gasteiger partial charge < -0.3 is 9.72 Å². The molecule has 0 radical (unpaired) electrons. The van der Waals surface area contributed by atoms with E-state index in [1.807, 2.05) is 54.6 Å². The molecule has 3 aromatic rings. The van der Waals surface area contributed by atoms with Crippen molar-refractivity contribution in [2.75, 3.05) is 6.61 Å². The minimum atomic E-state index is -0.366. The van der Waals surface area contributed by atoms with E-state index in [2.05, 4.69) is 9.97 Å². The molecule has 0 saturated carbocycles. The first kappa shape index (κ1) is 20.6. The summed E-state index contributed by atoms with van der Waals surface area (Å²) in [6, 6.07) is 19.3. The van der Waals surface area contributed by atoms with E-state index in [9.17, 15) is 9.59 Å². The fourth-order valence-corrected chi connectivity index (χ4v) is 3.68. The highest BCUT2D eigenvalue weighted by Gasteiger charge is 2.06. The van der Waals surface area contributed by atoms with Gasteiger partial charge in [0.05, 0.1) is 12.3 Å². The fraction of sp³-hybridized carbons (Fsp3) is 0.174. The normalized spacial score (nSPS) is 10.9. The molecule has 0 aliphatic heterocycles. The van der Waals surface area contributed by atoms with Crippen molar-refractivity contribution in [1.29, 1.82) is 0 Å². The molecule has 0 fully saturated rings. The second-order valence-electron chi connectivity index (χ2n) is 6.28. The van der Waals surface area contributed by atoms with Crippen molar-refractivity contribution in [2.24, 2.45) is 0 Å². The lowest BCUT2D eigenvalue weighted by atomic mass is 10.1. The third-order valence-corrected chi connectivity index (χ3v) is 5.03. The number of aromatic amines is 1. The molecule has 5 nitrogen and oxygen atoms in total. The molecule has 0 bridgehead atoms. The van der Waals surface area contributed by atoms with E-state index < -0.39 is 0 Å². The number of nitrogens with one attached hydrogen (secondary N) is 1. The molecule has 2 aromatic carbocycles. The van der Waals surface area contributed by atoms with Gasteiger partial charge in [-0.1, -0.05) is 66.4 Å². The second kappa shape index (κ2) is 10.4. The summed E-state index contributed by atoms with van der Waals surface area (Å²) >= 11 is 1.45. The SMILES string of the molecule is CCOC(=O)/C=C/c1ccccc1CSc1nc(Cc2ccccc2)cc(=O)[nH]1. The zero-order valence-corrected chi connectivity index (χ0v) is 16.9. The van der Waals surface area contributed by atoms with E-state index in [1.165, 1.54) is 23.9 Å². The van der Waals surface area contributed by atoms with E-state index in [4.69, 9.17) is 4.74 Å². The number of esters is 1. The van der Waals surface area contributed by atoms with Crippen molar-refractivity contribution in [3.05, 3.63) is 99.5 Å². The molecule has 0 amide bonds. The van der Waals surface area contributed by atoms with Gasteiger partial charge in [0.25, 0.3) is 5.56 Å². The average molecular weight is 407 g/mol. The number of ether oxygens (including phenoxy) is 1. The van der Waals surface area contributed by atoms with E-state index in [0.717, 1.165) is 22.4 Å². The Morgan fingerprint density at radius 3 is 2.69 bits per heavy atom. The summed E-state index contributed by atoms with van der Waals surface area (Å²) in [6.45, 7) is 2.12. The molecule has 0 unspecified atom stereocenters. The molecular formula is C23H22N2O3S. The molecule has 0 aliphatic carbocycles. The number of aromatic nitrogens is 2. The predicted molar refractivity (Wildman–Crippen MR) is 116 cm³/mol. The van der Waals surface area contributed by atoms with Crippen molar-refractivity contribution >= 4 is 23.8 Å². The smallest absolute Gasteiger partial charge is 0.330 e. The molecule has 3 rings (SSSR count). The Kier molecular flexibility index (Phi) is 7.41. The Bertz CT molecular complexity index is 1050. The Balaban J connectivity index is 1.72. The Morgan fingerprint density at radius 1 is 1.14 bits per heavy atom. The average Bonchev–Trinajstić information content (AvgIpc) is 2.72. The number of carbonyl (C=O) groups is 1. The molecule has 1 N–H and O–H groups in total. The van der Waals surface area contributed by atoms with Gasteiger partial charge in [-0.2, -0.15) is 0 Å². The molecule has 0 aliphatic rings. The highest BCUT2D eigenvalue weighted by Crippen LogP contribution is 2.22. The standard InChI is InChI=1S/C23H22N2O3S/c1-2-28-22(27)13-12-18-10-6-7-11-19(18)16-29-23-24-20(15-21(26)25-23)14-17-8-4-3-5-9-17/h3-13,15H,2,14,16H2,1H3,(H,24,25,26)/b13-12+. The summed E-state index contributed by atoms with van der Waals surface area (Å²) in [4.78, 5) is 31.0. The van der Waals surface area contributed by atoms with Crippen molar-refractivity contribution in [3.8, 4) is 0 Å². The lowest BCUT2D eigenvalue weighted by Gasteiger charge is -2.07. The van der Waals surface area contributed by atoms with Crippen LogP contribution in [0.5, 0.6) is 0 Å². The number of carbonyl (C=O) groups excluding carboxylic acids is 1. The van der Waals surface area contributed by atoms with E-state index in [1.54, 1.807) is 13.0 Å². The van der Waals surface area contributed by atoms with E-state index >= 15 is 0 Å². The van der Waals surface area contributed by atoms with Crippen molar-refractivity contribution in [3.63, 3.8) is 0 Å². The maximum atomic E-state index is 12.0. The molecule has 1 aromatic heterocycles. The van der Waals surface area contributed by atoms with Crippen LogP contribution in [0.25, 0.3) is 6.08 Å². The Labute approximate surface area is 173 Å². The number of rotatable bonds is 8. The Hall–Kier alpha value is -3.12. The molecule has 148 valence electrons. The van der Waals surface area contributed by atoms with Crippen LogP contribution in [0.1, 0.15) is 29.3 Å². The Morgan fingerprint density at radius 2 is 1.90 bits per heavy atom. The quantitative estimate of drug-likeness (QED) is 0.262. The summed E-state index contributed by atoms with van der Waals surface area (Å²) in [6.07, 6.45) is 3.78. The van der Waals surface area contributed by atoms with E-state index in [0.29, 0.717) is 23.9 Å². The van der Waals surface area contributed by atoms with Crippen molar-refractivity contribution < 1.29 is 9.53 Å². The highest BCUT2D eigenvalue weighted by molar-refractivity contribution is 7.98. The van der Waals surface area contributed by atoms with Gasteiger partial charge >= 0.3 is 5.97 Å². The number of thioether (sulfide) groups is 1. The molecule has 1 heterocycles. The number of nitrogens with zero attached hydrogens (tertiary/aromatic N) is 1. The van der Waals surface area contributed by atoms with Crippen LogP contribution in [-0.2, 0) is 21.7 Å². The molecular weight excluding hydrogens is 384 g/mol. The van der Waals surface area contributed by atoms with Gasteiger partial charge in [0.15, 0.2) is 5.16 Å². The van der Waals surface area contributed by atoms with Crippen LogP contribution in [0, 0.1) is 0 Å². The summed E-state index contributed by atoms with van der Waals surface area (Å²) < 4.78 is 4.93.